The van der Waals surface area contributed by atoms with Crippen molar-refractivity contribution < 1.29 is 19.1 Å². The van der Waals surface area contributed by atoms with Crippen LogP contribution in [0.4, 0.5) is 0 Å². The van der Waals surface area contributed by atoms with Crippen LogP contribution in [-0.4, -0.2) is 25.5 Å². The highest BCUT2D eigenvalue weighted by molar-refractivity contribution is 7.14. The minimum atomic E-state index is -0.471. The molecule has 1 aromatic heterocycles. The number of thiophene rings is 1. The molecule has 0 spiro atoms. The van der Waals surface area contributed by atoms with E-state index in [1.807, 2.05) is 26.0 Å². The molecule has 0 aliphatic rings. The van der Waals surface area contributed by atoms with Gasteiger partial charge < -0.3 is 9.47 Å². The van der Waals surface area contributed by atoms with Gasteiger partial charge in [-0.3, -0.25) is 20.4 Å². The zero-order valence-electron chi connectivity index (χ0n) is 15.9. The Morgan fingerprint density at radius 3 is 2.68 bits per heavy atom. The predicted molar refractivity (Wildman–Crippen MR) is 107 cm³/mol. The summed E-state index contributed by atoms with van der Waals surface area (Å²) in [5.41, 5.74) is 6.52. The molecule has 0 aliphatic heterocycles. The molecule has 0 saturated heterocycles. The molecule has 7 nitrogen and oxygen atoms in total. The second-order valence-corrected chi connectivity index (χ2v) is 6.84. The highest BCUT2D eigenvalue weighted by atomic mass is 32.1. The van der Waals surface area contributed by atoms with Gasteiger partial charge in [0, 0.05) is 11.0 Å². The van der Waals surface area contributed by atoms with Crippen molar-refractivity contribution in [2.45, 2.75) is 20.3 Å². The number of benzene rings is 1. The Morgan fingerprint density at radius 2 is 2.04 bits per heavy atom. The van der Waals surface area contributed by atoms with Crippen molar-refractivity contribution in [1.82, 2.24) is 10.9 Å². The molecule has 0 aliphatic carbocycles. The molecule has 146 valence electrons. The van der Waals surface area contributed by atoms with Crippen LogP contribution in [0.25, 0.3) is 6.08 Å². The number of aryl methyl sites for hydroxylation is 2. The number of carbonyl (C=O) groups is 2. The van der Waals surface area contributed by atoms with Gasteiger partial charge in [-0.2, -0.15) is 5.26 Å². The van der Waals surface area contributed by atoms with E-state index in [4.69, 9.17) is 14.7 Å². The monoisotopic (exact) mass is 399 g/mol. The van der Waals surface area contributed by atoms with Crippen molar-refractivity contribution in [3.05, 3.63) is 51.2 Å². The van der Waals surface area contributed by atoms with E-state index >= 15 is 0 Å². The lowest BCUT2D eigenvalue weighted by atomic mass is 10.2. The molecule has 0 saturated carbocycles. The van der Waals surface area contributed by atoms with E-state index in [-0.39, 0.29) is 12.5 Å². The van der Waals surface area contributed by atoms with E-state index in [0.717, 1.165) is 16.9 Å². The fourth-order valence-electron chi connectivity index (χ4n) is 2.39. The van der Waals surface area contributed by atoms with Gasteiger partial charge in [-0.05, 0) is 48.7 Å². The van der Waals surface area contributed by atoms with Gasteiger partial charge in [0.05, 0.1) is 12.0 Å². The highest BCUT2D eigenvalue weighted by Crippen LogP contribution is 2.28. The SMILES string of the molecule is CCc1sc(C(=O)NNC(=O)/C=C/c2ccc(OCC#N)c(OC)c2)cc1C. The minimum absolute atomic E-state index is 0.0861. The van der Waals surface area contributed by atoms with Crippen LogP contribution in [0.5, 0.6) is 11.5 Å². The van der Waals surface area contributed by atoms with Crippen molar-refractivity contribution >= 4 is 29.2 Å². The number of nitriles is 1. The maximum absolute atomic E-state index is 12.1. The zero-order chi connectivity index (χ0) is 20.5. The molecule has 0 bridgehead atoms. The number of hydrogen-bond donors (Lipinski definition) is 2. The second-order valence-electron chi connectivity index (χ2n) is 5.70. The molecule has 1 aromatic carbocycles. The molecular formula is C20H21N3O4S. The fourth-order valence-corrected chi connectivity index (χ4v) is 3.40. The first-order valence-electron chi connectivity index (χ1n) is 8.54. The zero-order valence-corrected chi connectivity index (χ0v) is 16.7. The lowest BCUT2D eigenvalue weighted by Gasteiger charge is -2.08. The van der Waals surface area contributed by atoms with Gasteiger partial charge in [0.25, 0.3) is 11.8 Å². The van der Waals surface area contributed by atoms with E-state index in [1.165, 1.54) is 24.5 Å². The van der Waals surface area contributed by atoms with E-state index in [1.54, 1.807) is 24.3 Å². The second kappa shape index (κ2) is 10.1. The molecular weight excluding hydrogens is 378 g/mol. The third-order valence-corrected chi connectivity index (χ3v) is 5.15. The molecule has 0 atom stereocenters. The number of hydrazine groups is 1. The predicted octanol–water partition coefficient (Wildman–Crippen LogP) is 3.00. The first kappa shape index (κ1) is 21.0. The third kappa shape index (κ3) is 5.59. The van der Waals surface area contributed by atoms with Gasteiger partial charge in [0.1, 0.15) is 6.07 Å². The maximum atomic E-state index is 12.1. The van der Waals surface area contributed by atoms with Crippen molar-refractivity contribution in [2.24, 2.45) is 0 Å². The lowest BCUT2D eigenvalue weighted by Crippen LogP contribution is -2.40. The normalized spacial score (nSPS) is 10.4. The molecule has 8 heteroatoms. The van der Waals surface area contributed by atoms with Crippen LogP contribution in [0.1, 0.15) is 32.6 Å². The number of nitrogens with one attached hydrogen (secondary N) is 2. The smallest absolute Gasteiger partial charge is 0.279 e. The maximum Gasteiger partial charge on any atom is 0.279 e. The quantitative estimate of drug-likeness (QED) is 0.551. The largest absolute Gasteiger partial charge is 0.493 e. The van der Waals surface area contributed by atoms with Gasteiger partial charge in [-0.1, -0.05) is 13.0 Å². The van der Waals surface area contributed by atoms with Gasteiger partial charge >= 0.3 is 0 Å². The van der Waals surface area contributed by atoms with Crippen LogP contribution in [0.3, 0.4) is 0 Å². The summed E-state index contributed by atoms with van der Waals surface area (Å²) in [6, 6.07) is 8.74. The number of rotatable bonds is 7. The van der Waals surface area contributed by atoms with E-state index in [2.05, 4.69) is 10.9 Å². The molecule has 2 rings (SSSR count). The Balaban J connectivity index is 1.94. The summed E-state index contributed by atoms with van der Waals surface area (Å²) >= 11 is 1.41. The topological polar surface area (TPSA) is 100 Å². The van der Waals surface area contributed by atoms with Crippen molar-refractivity contribution in [3.63, 3.8) is 0 Å². The first-order valence-corrected chi connectivity index (χ1v) is 9.35. The summed E-state index contributed by atoms with van der Waals surface area (Å²) in [6.45, 7) is 3.90. The van der Waals surface area contributed by atoms with Crippen LogP contribution in [-0.2, 0) is 11.2 Å². The van der Waals surface area contributed by atoms with Crippen LogP contribution in [0.15, 0.2) is 30.3 Å². The summed E-state index contributed by atoms with van der Waals surface area (Å²) in [4.78, 5) is 25.8. The summed E-state index contributed by atoms with van der Waals surface area (Å²) < 4.78 is 10.5. The molecule has 0 unspecified atom stereocenters. The average molecular weight is 399 g/mol. The van der Waals surface area contributed by atoms with Gasteiger partial charge in [0.15, 0.2) is 18.1 Å². The number of amides is 2. The number of ether oxygens (including phenoxy) is 2. The summed E-state index contributed by atoms with van der Waals surface area (Å²) in [6.07, 6.45) is 3.73. The van der Waals surface area contributed by atoms with E-state index in [0.29, 0.717) is 21.9 Å². The Morgan fingerprint density at radius 1 is 1.25 bits per heavy atom. The van der Waals surface area contributed by atoms with Gasteiger partial charge in [-0.15, -0.1) is 11.3 Å². The fraction of sp³-hybridized carbons (Fsp3) is 0.250. The molecule has 0 radical (unpaired) electrons. The molecule has 28 heavy (non-hydrogen) atoms. The van der Waals surface area contributed by atoms with E-state index in [9.17, 15) is 9.59 Å². The Hall–Kier alpha value is -3.31. The Labute approximate surface area is 167 Å². The number of methoxy groups -OCH3 is 1. The number of nitrogens with zero attached hydrogens (tertiary/aromatic N) is 1. The minimum Gasteiger partial charge on any atom is -0.493 e. The summed E-state index contributed by atoms with van der Waals surface area (Å²) in [7, 11) is 1.49. The molecule has 2 aromatic rings. The van der Waals surface area contributed by atoms with Gasteiger partial charge in [-0.25, -0.2) is 0 Å². The molecule has 2 N–H and O–H groups in total. The van der Waals surface area contributed by atoms with Crippen molar-refractivity contribution in [2.75, 3.05) is 13.7 Å². The van der Waals surface area contributed by atoms with Crippen LogP contribution in [0, 0.1) is 18.3 Å². The average Bonchev–Trinajstić information content (AvgIpc) is 3.09. The number of hydrogen-bond acceptors (Lipinski definition) is 6. The van der Waals surface area contributed by atoms with E-state index < -0.39 is 5.91 Å². The van der Waals surface area contributed by atoms with Gasteiger partial charge in [0.2, 0.25) is 0 Å². The Bertz CT molecular complexity index is 928. The Kier molecular flexibility index (Phi) is 7.60. The highest BCUT2D eigenvalue weighted by Gasteiger charge is 2.12. The molecule has 2 amide bonds. The van der Waals surface area contributed by atoms with Crippen LogP contribution in [0.2, 0.25) is 0 Å². The first-order chi connectivity index (χ1) is 13.5. The lowest BCUT2D eigenvalue weighted by molar-refractivity contribution is -0.117. The van der Waals surface area contributed by atoms with Crippen LogP contribution >= 0.6 is 11.3 Å². The van der Waals surface area contributed by atoms with Crippen LogP contribution < -0.4 is 20.3 Å². The van der Waals surface area contributed by atoms with Crippen molar-refractivity contribution in [3.8, 4) is 17.6 Å². The molecule has 0 fully saturated rings. The molecule has 1 heterocycles. The van der Waals surface area contributed by atoms with Crippen molar-refractivity contribution in [1.29, 1.82) is 5.26 Å². The third-order valence-electron chi connectivity index (χ3n) is 3.77. The standard InChI is InChI=1S/C20H21N3O4S/c1-4-17-13(2)11-18(28-17)20(25)23-22-19(24)8-6-14-5-7-15(27-10-9-21)16(12-14)26-3/h5-8,11-12H,4,10H2,1-3H3,(H,22,24)(H,23,25)/b8-6+. The summed E-state index contributed by atoms with van der Waals surface area (Å²) in [5.74, 6) is 0.0674. The summed E-state index contributed by atoms with van der Waals surface area (Å²) in [5, 5.41) is 8.58. The number of carbonyl (C=O) groups excluding carboxylic acids is 2.